The lowest BCUT2D eigenvalue weighted by Crippen LogP contribution is -2.38. The van der Waals surface area contributed by atoms with Crippen LogP contribution in [-0.4, -0.2) is 36.7 Å². The number of thiazole rings is 1. The number of rotatable bonds is 7. The van der Waals surface area contributed by atoms with Crippen molar-refractivity contribution in [1.82, 2.24) is 9.29 Å². The molecule has 0 unspecified atom stereocenters. The van der Waals surface area contributed by atoms with Gasteiger partial charge in [-0.1, -0.05) is 39.8 Å². The molecule has 1 N–H and O–H groups in total. The summed E-state index contributed by atoms with van der Waals surface area (Å²) in [7, 11) is -3.75. The Labute approximate surface area is 165 Å². The molecule has 2 aromatic rings. The van der Waals surface area contributed by atoms with E-state index in [0.29, 0.717) is 11.6 Å². The molecule has 0 atom stereocenters. The molecule has 2 rings (SSSR count). The smallest absolute Gasteiger partial charge is 0.243 e. The van der Waals surface area contributed by atoms with Crippen molar-refractivity contribution in [3.8, 4) is 0 Å². The van der Waals surface area contributed by atoms with E-state index < -0.39 is 15.9 Å². The Bertz CT molecular complexity index is 882. The first-order valence-corrected chi connectivity index (χ1v) is 11.2. The van der Waals surface area contributed by atoms with Crippen LogP contribution in [0.25, 0.3) is 0 Å². The van der Waals surface area contributed by atoms with Crippen LogP contribution >= 0.6 is 11.3 Å². The largest absolute Gasteiger partial charge is 0.301 e. The van der Waals surface area contributed by atoms with Gasteiger partial charge in [-0.2, -0.15) is 4.31 Å². The number of nitrogens with one attached hydrogen (secondary N) is 1. The Morgan fingerprint density at radius 1 is 1.22 bits per heavy atom. The van der Waals surface area contributed by atoms with E-state index in [4.69, 9.17) is 0 Å². The molecule has 0 bridgehead atoms. The normalized spacial score (nSPS) is 12.4. The van der Waals surface area contributed by atoms with Gasteiger partial charge in [0.25, 0.3) is 0 Å². The van der Waals surface area contributed by atoms with Crippen molar-refractivity contribution in [2.24, 2.45) is 0 Å². The lowest BCUT2D eigenvalue weighted by molar-refractivity contribution is -0.116. The Kier molecular flexibility index (Phi) is 6.77. The summed E-state index contributed by atoms with van der Waals surface area (Å²) in [5, 5.41) is 4.97. The van der Waals surface area contributed by atoms with E-state index in [1.165, 1.54) is 15.6 Å². The molecule has 6 nitrogen and oxygen atoms in total. The van der Waals surface area contributed by atoms with Crippen LogP contribution in [0.3, 0.4) is 0 Å². The van der Waals surface area contributed by atoms with Crippen LogP contribution in [0.2, 0.25) is 0 Å². The molecule has 0 aliphatic carbocycles. The van der Waals surface area contributed by atoms with Gasteiger partial charge in [-0.15, -0.1) is 11.3 Å². The van der Waals surface area contributed by atoms with Gasteiger partial charge in [0.1, 0.15) is 0 Å². The van der Waals surface area contributed by atoms with Crippen LogP contribution in [0.5, 0.6) is 0 Å². The summed E-state index contributed by atoms with van der Waals surface area (Å²) < 4.78 is 27.2. The molecular formula is C19H27N3O3S2. The molecule has 1 heterocycles. The summed E-state index contributed by atoms with van der Waals surface area (Å²) in [5.41, 5.74) is 1.81. The lowest BCUT2D eigenvalue weighted by atomic mass is 9.87. The van der Waals surface area contributed by atoms with Crippen molar-refractivity contribution >= 4 is 32.4 Å². The molecule has 0 saturated carbocycles. The predicted octanol–water partition coefficient (Wildman–Crippen LogP) is 3.79. The third-order valence-electron chi connectivity index (χ3n) is 4.02. The minimum absolute atomic E-state index is 0.0584. The van der Waals surface area contributed by atoms with Gasteiger partial charge in [-0.3, -0.25) is 4.79 Å². The van der Waals surface area contributed by atoms with E-state index >= 15 is 0 Å². The summed E-state index contributed by atoms with van der Waals surface area (Å²) in [6.07, 6.45) is 0.614. The average Bonchev–Trinajstić information content (AvgIpc) is 2.98. The molecule has 8 heteroatoms. The van der Waals surface area contributed by atoms with Crippen molar-refractivity contribution in [2.75, 3.05) is 18.4 Å². The molecule has 0 saturated heterocycles. The predicted molar refractivity (Wildman–Crippen MR) is 110 cm³/mol. The number of anilines is 1. The maximum atomic E-state index is 13.0. The fourth-order valence-electron chi connectivity index (χ4n) is 2.54. The van der Waals surface area contributed by atoms with Crippen molar-refractivity contribution in [3.05, 3.63) is 40.9 Å². The second kappa shape index (κ2) is 8.50. The second-order valence-corrected chi connectivity index (χ2v) is 10.3. The molecular weight excluding hydrogens is 382 g/mol. The molecule has 0 aliphatic rings. The summed E-state index contributed by atoms with van der Waals surface area (Å²) in [6.45, 7) is 9.97. The van der Waals surface area contributed by atoms with Crippen LogP contribution in [-0.2, 0) is 20.2 Å². The molecule has 1 aromatic heterocycles. The lowest BCUT2D eigenvalue weighted by Gasteiger charge is -2.22. The van der Waals surface area contributed by atoms with Crippen LogP contribution in [0.15, 0.2) is 34.5 Å². The van der Waals surface area contributed by atoms with Gasteiger partial charge in [0.2, 0.25) is 15.9 Å². The van der Waals surface area contributed by atoms with Gasteiger partial charge in [-0.25, -0.2) is 13.4 Å². The number of nitrogens with zero attached hydrogens (tertiary/aromatic N) is 2. The molecule has 0 spiro atoms. The maximum Gasteiger partial charge on any atom is 0.243 e. The van der Waals surface area contributed by atoms with Crippen molar-refractivity contribution in [3.63, 3.8) is 0 Å². The van der Waals surface area contributed by atoms with Gasteiger partial charge >= 0.3 is 0 Å². The quantitative estimate of drug-likeness (QED) is 0.754. The fourth-order valence-corrected chi connectivity index (χ4v) is 4.73. The van der Waals surface area contributed by atoms with Crippen molar-refractivity contribution < 1.29 is 13.2 Å². The summed E-state index contributed by atoms with van der Waals surface area (Å²) in [5.74, 6) is -0.396. The minimum Gasteiger partial charge on any atom is -0.301 e. The van der Waals surface area contributed by atoms with Crippen LogP contribution < -0.4 is 5.32 Å². The number of aromatic nitrogens is 1. The van der Waals surface area contributed by atoms with Gasteiger partial charge < -0.3 is 5.32 Å². The zero-order chi connectivity index (χ0) is 20.2. The number of carbonyl (C=O) groups excluding carboxylic acids is 1. The zero-order valence-corrected chi connectivity index (χ0v) is 18.1. The molecule has 0 radical (unpaired) electrons. The summed E-state index contributed by atoms with van der Waals surface area (Å²) in [4.78, 5) is 16.7. The van der Waals surface area contributed by atoms with E-state index in [2.05, 4.69) is 31.1 Å². The van der Waals surface area contributed by atoms with Crippen molar-refractivity contribution in [1.29, 1.82) is 0 Å². The van der Waals surface area contributed by atoms with E-state index in [-0.39, 0.29) is 23.4 Å². The first-order chi connectivity index (χ1) is 12.5. The standard InChI is InChI=1S/C19H27N3O3S2/c1-6-11-22(12-17(23)21-18-20-14(2)13-26-18)27(24,25)16-9-7-15(8-10-16)19(3,4)5/h7-10,13H,6,11-12H2,1-5H3,(H,20,21,23). The topological polar surface area (TPSA) is 79.4 Å². The van der Waals surface area contributed by atoms with E-state index in [9.17, 15) is 13.2 Å². The second-order valence-electron chi connectivity index (χ2n) is 7.46. The number of carbonyl (C=O) groups is 1. The van der Waals surface area contributed by atoms with Crippen LogP contribution in [0.1, 0.15) is 45.4 Å². The summed E-state index contributed by atoms with van der Waals surface area (Å²) >= 11 is 1.32. The number of hydrogen-bond acceptors (Lipinski definition) is 5. The number of sulfonamides is 1. The van der Waals surface area contributed by atoms with Gasteiger partial charge in [0, 0.05) is 11.9 Å². The molecule has 1 aromatic carbocycles. The van der Waals surface area contributed by atoms with Gasteiger partial charge in [0.15, 0.2) is 5.13 Å². The molecule has 1 amide bonds. The third-order valence-corrected chi connectivity index (χ3v) is 6.75. The highest BCUT2D eigenvalue weighted by Gasteiger charge is 2.27. The van der Waals surface area contributed by atoms with E-state index in [1.807, 2.05) is 31.4 Å². The third kappa shape index (κ3) is 5.60. The first-order valence-electron chi connectivity index (χ1n) is 8.86. The Hall–Kier alpha value is -1.77. The SMILES string of the molecule is CCCN(CC(=O)Nc1nc(C)cs1)S(=O)(=O)c1ccc(C(C)(C)C)cc1. The highest BCUT2D eigenvalue weighted by molar-refractivity contribution is 7.89. The highest BCUT2D eigenvalue weighted by Crippen LogP contribution is 2.25. The Morgan fingerprint density at radius 3 is 2.33 bits per heavy atom. The van der Waals surface area contributed by atoms with Crippen LogP contribution in [0.4, 0.5) is 5.13 Å². The van der Waals surface area contributed by atoms with Crippen molar-refractivity contribution in [2.45, 2.75) is 51.3 Å². The number of benzene rings is 1. The zero-order valence-electron chi connectivity index (χ0n) is 16.4. The Morgan fingerprint density at radius 2 is 1.85 bits per heavy atom. The van der Waals surface area contributed by atoms with E-state index in [1.54, 1.807) is 12.1 Å². The monoisotopic (exact) mass is 409 g/mol. The fraction of sp³-hybridized carbons (Fsp3) is 0.474. The molecule has 148 valence electrons. The highest BCUT2D eigenvalue weighted by atomic mass is 32.2. The molecule has 0 fully saturated rings. The maximum absolute atomic E-state index is 13.0. The Balaban J connectivity index is 2.19. The van der Waals surface area contributed by atoms with Crippen LogP contribution in [0, 0.1) is 6.92 Å². The molecule has 27 heavy (non-hydrogen) atoms. The number of hydrogen-bond donors (Lipinski definition) is 1. The van der Waals surface area contributed by atoms with Gasteiger partial charge in [0.05, 0.1) is 17.1 Å². The first kappa shape index (κ1) is 21.5. The molecule has 0 aliphatic heterocycles. The van der Waals surface area contributed by atoms with Gasteiger partial charge in [-0.05, 0) is 36.5 Å². The minimum atomic E-state index is -3.75. The number of amides is 1. The summed E-state index contributed by atoms with van der Waals surface area (Å²) in [6, 6.07) is 6.88. The average molecular weight is 410 g/mol. The number of aryl methyl sites for hydroxylation is 1. The van der Waals surface area contributed by atoms with E-state index in [0.717, 1.165) is 11.3 Å².